The number of methoxy groups -OCH3 is 2. The molecule has 0 bridgehead atoms. The Morgan fingerprint density at radius 3 is 2.69 bits per heavy atom. The molecule has 1 aromatic heterocycles. The van der Waals surface area contributed by atoms with Crippen LogP contribution in [-0.4, -0.2) is 41.5 Å². The maximum absolute atomic E-state index is 11.6. The fourth-order valence-electron chi connectivity index (χ4n) is 2.53. The third-order valence-corrected chi connectivity index (χ3v) is 3.71. The van der Waals surface area contributed by atoms with E-state index in [0.717, 1.165) is 10.9 Å². The molecule has 8 nitrogen and oxygen atoms in total. The fourth-order valence-corrected chi connectivity index (χ4v) is 2.53. The van der Waals surface area contributed by atoms with Crippen LogP contribution in [0.2, 0.25) is 0 Å². The van der Waals surface area contributed by atoms with Crippen molar-refractivity contribution in [2.45, 2.75) is 0 Å². The van der Waals surface area contributed by atoms with Gasteiger partial charge in [-0.1, -0.05) is 12.1 Å². The minimum atomic E-state index is -1.14. The van der Waals surface area contributed by atoms with Crippen LogP contribution in [0.5, 0.6) is 11.5 Å². The zero-order chi connectivity index (χ0) is 18.5. The number of para-hydroxylation sites is 1. The van der Waals surface area contributed by atoms with Gasteiger partial charge >= 0.3 is 5.97 Å². The molecule has 0 fully saturated rings. The second kappa shape index (κ2) is 7.47. The van der Waals surface area contributed by atoms with E-state index in [1.807, 2.05) is 24.3 Å². The summed E-state index contributed by atoms with van der Waals surface area (Å²) in [5.41, 5.74) is 3.92. The van der Waals surface area contributed by atoms with E-state index >= 15 is 0 Å². The molecule has 0 aliphatic heterocycles. The second-order valence-corrected chi connectivity index (χ2v) is 5.18. The largest absolute Gasteiger partial charge is 0.493 e. The molecule has 26 heavy (non-hydrogen) atoms. The van der Waals surface area contributed by atoms with Crippen LogP contribution in [0.25, 0.3) is 10.9 Å². The number of carboxylic acids is 1. The molecule has 0 aliphatic rings. The highest BCUT2D eigenvalue weighted by molar-refractivity contribution is 6.02. The molecule has 2 N–H and O–H groups in total. The average molecular weight is 352 g/mol. The van der Waals surface area contributed by atoms with Crippen molar-refractivity contribution in [3.05, 3.63) is 53.9 Å². The quantitative estimate of drug-likeness (QED) is 0.519. The highest BCUT2D eigenvalue weighted by Gasteiger charge is 2.20. The number of anilines is 1. The van der Waals surface area contributed by atoms with Crippen LogP contribution in [0.1, 0.15) is 15.9 Å². The van der Waals surface area contributed by atoms with Gasteiger partial charge in [0.2, 0.25) is 0 Å². The third-order valence-electron chi connectivity index (χ3n) is 3.71. The van der Waals surface area contributed by atoms with Crippen LogP contribution in [0.15, 0.2) is 47.8 Å². The van der Waals surface area contributed by atoms with Gasteiger partial charge in [0.25, 0.3) is 0 Å². The summed E-state index contributed by atoms with van der Waals surface area (Å²) in [4.78, 5) is 20.0. The maximum Gasteiger partial charge on any atom is 0.340 e. The molecule has 2 aromatic carbocycles. The van der Waals surface area contributed by atoms with Gasteiger partial charge in [0.15, 0.2) is 17.3 Å². The fraction of sp³-hybridized carbons (Fsp3) is 0.111. The zero-order valence-electron chi connectivity index (χ0n) is 14.1. The lowest BCUT2D eigenvalue weighted by molar-refractivity contribution is 0.0692. The average Bonchev–Trinajstić information content (AvgIpc) is 2.67. The van der Waals surface area contributed by atoms with E-state index in [-0.39, 0.29) is 11.3 Å². The molecular formula is C18H16N4O4. The molecule has 0 unspecified atom stereocenters. The molecule has 132 valence electrons. The molecule has 0 amide bonds. The molecule has 1 heterocycles. The van der Waals surface area contributed by atoms with Gasteiger partial charge in [-0.3, -0.25) is 5.43 Å². The number of hydrogen-bond acceptors (Lipinski definition) is 7. The van der Waals surface area contributed by atoms with Crippen molar-refractivity contribution in [2.75, 3.05) is 19.6 Å². The first-order valence-electron chi connectivity index (χ1n) is 7.62. The molecule has 0 aliphatic carbocycles. The van der Waals surface area contributed by atoms with Gasteiger partial charge in [-0.2, -0.15) is 5.10 Å². The number of rotatable bonds is 6. The van der Waals surface area contributed by atoms with Crippen LogP contribution >= 0.6 is 0 Å². The number of ether oxygens (including phenoxy) is 2. The van der Waals surface area contributed by atoms with Gasteiger partial charge < -0.3 is 14.6 Å². The summed E-state index contributed by atoms with van der Waals surface area (Å²) in [6.07, 6.45) is 2.82. The minimum absolute atomic E-state index is 0.0371. The molecule has 0 spiro atoms. The summed E-state index contributed by atoms with van der Waals surface area (Å²) in [6.45, 7) is 0. The highest BCUT2D eigenvalue weighted by atomic mass is 16.5. The second-order valence-electron chi connectivity index (χ2n) is 5.18. The van der Waals surface area contributed by atoms with Gasteiger partial charge in [-0.25, -0.2) is 14.8 Å². The number of carbonyl (C=O) groups is 1. The third kappa shape index (κ3) is 3.25. The van der Waals surface area contributed by atoms with Gasteiger partial charge in [0.1, 0.15) is 11.9 Å². The van der Waals surface area contributed by atoms with Gasteiger partial charge in [-0.05, 0) is 24.3 Å². The number of nitrogens with one attached hydrogen (secondary N) is 1. The zero-order valence-corrected chi connectivity index (χ0v) is 14.1. The number of hydrazone groups is 1. The first-order valence-corrected chi connectivity index (χ1v) is 7.62. The molecule has 0 radical (unpaired) electrons. The Labute approximate surface area is 149 Å². The van der Waals surface area contributed by atoms with Gasteiger partial charge in [-0.15, -0.1) is 0 Å². The Bertz CT molecular complexity index is 983. The molecule has 0 saturated heterocycles. The molecule has 3 rings (SSSR count). The van der Waals surface area contributed by atoms with E-state index in [1.165, 1.54) is 26.8 Å². The Morgan fingerprint density at radius 2 is 1.96 bits per heavy atom. The van der Waals surface area contributed by atoms with Gasteiger partial charge in [0, 0.05) is 10.9 Å². The number of benzene rings is 2. The van der Waals surface area contributed by atoms with E-state index in [2.05, 4.69) is 20.5 Å². The van der Waals surface area contributed by atoms with Crippen molar-refractivity contribution in [3.8, 4) is 11.5 Å². The standard InChI is InChI=1S/C18H16N4O4/c1-25-14-8-7-11(15(18(23)24)16(14)26-2)9-21-22-17-12-5-3-4-6-13(12)19-10-20-17/h3-10H,1-2H3,(H,23,24)(H,19,20,22)/b21-9-. The number of fused-ring (bicyclic) bond motifs is 1. The number of carboxylic acid groups (broad SMARTS) is 1. The Balaban J connectivity index is 1.94. The van der Waals surface area contributed by atoms with Crippen LogP contribution < -0.4 is 14.9 Å². The Kier molecular flexibility index (Phi) is 4.93. The van der Waals surface area contributed by atoms with Crippen molar-refractivity contribution in [1.29, 1.82) is 0 Å². The van der Waals surface area contributed by atoms with E-state index in [0.29, 0.717) is 17.1 Å². The summed E-state index contributed by atoms with van der Waals surface area (Å²) in [6, 6.07) is 10.7. The van der Waals surface area contributed by atoms with Crippen molar-refractivity contribution in [2.24, 2.45) is 5.10 Å². The molecular weight excluding hydrogens is 336 g/mol. The first kappa shape index (κ1) is 17.2. The summed E-state index contributed by atoms with van der Waals surface area (Å²) in [5, 5.41) is 14.4. The van der Waals surface area contributed by atoms with Crippen LogP contribution in [0.4, 0.5) is 5.82 Å². The van der Waals surface area contributed by atoms with Gasteiger partial charge in [0.05, 0.1) is 26.0 Å². The summed E-state index contributed by atoms with van der Waals surface area (Å²) in [5.74, 6) is -0.160. The van der Waals surface area contributed by atoms with E-state index in [4.69, 9.17) is 9.47 Å². The predicted molar refractivity (Wildman–Crippen MR) is 97.3 cm³/mol. The number of aromatic nitrogens is 2. The van der Waals surface area contributed by atoms with Crippen LogP contribution in [-0.2, 0) is 0 Å². The number of nitrogens with zero attached hydrogens (tertiary/aromatic N) is 3. The van der Waals surface area contributed by atoms with Crippen molar-refractivity contribution in [3.63, 3.8) is 0 Å². The normalized spacial score (nSPS) is 10.8. The monoisotopic (exact) mass is 352 g/mol. The lowest BCUT2D eigenvalue weighted by Gasteiger charge is -2.12. The molecule has 8 heteroatoms. The lowest BCUT2D eigenvalue weighted by Crippen LogP contribution is -2.07. The van der Waals surface area contributed by atoms with E-state index in [9.17, 15) is 9.90 Å². The van der Waals surface area contributed by atoms with E-state index < -0.39 is 5.97 Å². The summed E-state index contributed by atoms with van der Waals surface area (Å²) in [7, 11) is 2.83. The van der Waals surface area contributed by atoms with Crippen molar-refractivity contribution < 1.29 is 19.4 Å². The maximum atomic E-state index is 11.6. The van der Waals surface area contributed by atoms with Crippen LogP contribution in [0.3, 0.4) is 0 Å². The molecule has 0 saturated carbocycles. The Morgan fingerprint density at radius 1 is 1.15 bits per heavy atom. The minimum Gasteiger partial charge on any atom is -0.493 e. The van der Waals surface area contributed by atoms with Crippen molar-refractivity contribution in [1.82, 2.24) is 9.97 Å². The topological polar surface area (TPSA) is 106 Å². The SMILES string of the molecule is COc1ccc(/C=N\Nc2ncnc3ccccc23)c(C(=O)O)c1OC. The predicted octanol–water partition coefficient (Wildman–Crippen LogP) is 2.79. The molecule has 0 atom stereocenters. The lowest BCUT2D eigenvalue weighted by atomic mass is 10.1. The summed E-state index contributed by atoms with van der Waals surface area (Å²) >= 11 is 0. The number of aromatic carboxylic acids is 1. The number of hydrogen-bond donors (Lipinski definition) is 2. The first-order chi connectivity index (χ1) is 12.7. The van der Waals surface area contributed by atoms with E-state index in [1.54, 1.807) is 12.1 Å². The Hall–Kier alpha value is -3.68. The summed E-state index contributed by atoms with van der Waals surface area (Å²) < 4.78 is 10.3. The smallest absolute Gasteiger partial charge is 0.340 e. The van der Waals surface area contributed by atoms with Crippen LogP contribution in [0, 0.1) is 0 Å². The highest BCUT2D eigenvalue weighted by Crippen LogP contribution is 2.33. The molecule has 3 aromatic rings. The van der Waals surface area contributed by atoms with Crippen molar-refractivity contribution >= 4 is 28.9 Å².